The zero-order valence-electron chi connectivity index (χ0n) is 16.0. The molecule has 0 fully saturated rings. The lowest BCUT2D eigenvalue weighted by Gasteiger charge is -2.26. The number of amides is 1. The van der Waals surface area contributed by atoms with Gasteiger partial charge in [0.15, 0.2) is 0 Å². The number of carbonyl (C=O) groups excluding carboxylic acids is 1. The molecule has 0 spiro atoms. The Morgan fingerprint density at radius 2 is 1.88 bits per heavy atom. The van der Waals surface area contributed by atoms with Gasteiger partial charge in [0.05, 0.1) is 6.54 Å². The summed E-state index contributed by atoms with van der Waals surface area (Å²) in [6.07, 6.45) is 3.23. The van der Waals surface area contributed by atoms with E-state index in [1.54, 1.807) is 0 Å². The van der Waals surface area contributed by atoms with Gasteiger partial charge in [0.25, 0.3) is 0 Å². The van der Waals surface area contributed by atoms with Gasteiger partial charge in [-0.2, -0.15) is 0 Å². The smallest absolute Gasteiger partial charge is 0.238 e. The first-order valence-electron chi connectivity index (χ1n) is 9.40. The van der Waals surface area contributed by atoms with Crippen LogP contribution in [0.2, 0.25) is 0 Å². The van der Waals surface area contributed by atoms with E-state index in [4.69, 9.17) is 0 Å². The van der Waals surface area contributed by atoms with Gasteiger partial charge in [-0.1, -0.05) is 68.5 Å². The number of benzene rings is 2. The van der Waals surface area contributed by atoms with Gasteiger partial charge in [-0.25, -0.2) is 0 Å². The van der Waals surface area contributed by atoms with Crippen molar-refractivity contribution in [1.29, 1.82) is 0 Å². The predicted molar refractivity (Wildman–Crippen MR) is 109 cm³/mol. The fourth-order valence-corrected chi connectivity index (χ4v) is 3.49. The van der Waals surface area contributed by atoms with E-state index in [-0.39, 0.29) is 5.91 Å². The van der Waals surface area contributed by atoms with Crippen LogP contribution in [-0.2, 0) is 4.79 Å². The van der Waals surface area contributed by atoms with E-state index >= 15 is 0 Å². The van der Waals surface area contributed by atoms with E-state index in [1.807, 2.05) is 6.07 Å². The molecule has 2 aromatic carbocycles. The van der Waals surface area contributed by atoms with Crippen LogP contribution in [0, 0.1) is 6.92 Å². The standard InChI is InChI=1S/C23H28N2O/c1-17(2)21-11-7-8-18(3)23(21)24-22(26)16-25-14-12-20(13-15-25)19-9-5-4-6-10-19/h4-12,17H,13-16H2,1-3H3,(H,24,26). The van der Waals surface area contributed by atoms with E-state index in [0.717, 1.165) is 30.8 Å². The quantitative estimate of drug-likeness (QED) is 0.838. The summed E-state index contributed by atoms with van der Waals surface area (Å²) in [5, 5.41) is 3.15. The predicted octanol–water partition coefficient (Wildman–Crippen LogP) is 4.85. The fourth-order valence-electron chi connectivity index (χ4n) is 3.49. The van der Waals surface area contributed by atoms with Crippen molar-refractivity contribution in [1.82, 2.24) is 4.90 Å². The maximum Gasteiger partial charge on any atom is 0.238 e. The molecule has 2 aromatic rings. The first-order chi connectivity index (χ1) is 12.5. The molecule has 0 unspecified atom stereocenters. The summed E-state index contributed by atoms with van der Waals surface area (Å²) >= 11 is 0. The van der Waals surface area contributed by atoms with Crippen molar-refractivity contribution in [2.45, 2.75) is 33.1 Å². The van der Waals surface area contributed by atoms with Gasteiger partial charge in [0.2, 0.25) is 5.91 Å². The molecule has 3 nitrogen and oxygen atoms in total. The summed E-state index contributed by atoms with van der Waals surface area (Å²) in [7, 11) is 0. The summed E-state index contributed by atoms with van der Waals surface area (Å²) in [6, 6.07) is 16.7. The molecule has 26 heavy (non-hydrogen) atoms. The summed E-state index contributed by atoms with van der Waals surface area (Å²) < 4.78 is 0. The van der Waals surface area contributed by atoms with Crippen LogP contribution in [-0.4, -0.2) is 30.4 Å². The van der Waals surface area contributed by atoms with Gasteiger partial charge in [-0.3, -0.25) is 9.69 Å². The highest BCUT2D eigenvalue weighted by molar-refractivity contribution is 5.94. The summed E-state index contributed by atoms with van der Waals surface area (Å²) in [5.74, 6) is 0.453. The highest BCUT2D eigenvalue weighted by Gasteiger charge is 2.17. The Balaban J connectivity index is 1.61. The van der Waals surface area contributed by atoms with Crippen LogP contribution in [0.1, 0.15) is 42.9 Å². The molecular weight excluding hydrogens is 320 g/mol. The molecule has 0 aromatic heterocycles. The van der Waals surface area contributed by atoms with Crippen LogP contribution < -0.4 is 5.32 Å². The van der Waals surface area contributed by atoms with Crippen molar-refractivity contribution in [2.24, 2.45) is 0 Å². The highest BCUT2D eigenvalue weighted by Crippen LogP contribution is 2.27. The molecule has 1 heterocycles. The van der Waals surface area contributed by atoms with Crippen LogP contribution >= 0.6 is 0 Å². The minimum Gasteiger partial charge on any atom is -0.324 e. The molecule has 1 N–H and O–H groups in total. The third kappa shape index (κ3) is 4.41. The molecule has 136 valence electrons. The second kappa shape index (κ2) is 8.33. The average Bonchev–Trinajstić information content (AvgIpc) is 2.64. The minimum atomic E-state index is 0.0674. The molecule has 0 bridgehead atoms. The topological polar surface area (TPSA) is 32.3 Å². The molecular formula is C23H28N2O. The number of para-hydroxylation sites is 1. The van der Waals surface area contributed by atoms with Crippen molar-refractivity contribution >= 4 is 17.2 Å². The molecule has 0 aliphatic carbocycles. The van der Waals surface area contributed by atoms with Crippen LogP contribution in [0.5, 0.6) is 0 Å². The molecule has 3 heteroatoms. The molecule has 0 atom stereocenters. The Bertz CT molecular complexity index is 793. The van der Waals surface area contributed by atoms with Gasteiger partial charge in [-0.05, 0) is 41.5 Å². The number of anilines is 1. The van der Waals surface area contributed by atoms with Gasteiger partial charge in [0.1, 0.15) is 0 Å². The summed E-state index contributed by atoms with van der Waals surface area (Å²) in [4.78, 5) is 14.8. The summed E-state index contributed by atoms with van der Waals surface area (Å²) in [5.41, 5.74) is 5.96. The van der Waals surface area contributed by atoms with E-state index in [2.05, 4.69) is 79.5 Å². The number of carbonyl (C=O) groups is 1. The van der Waals surface area contributed by atoms with Crippen LogP contribution in [0.25, 0.3) is 5.57 Å². The van der Waals surface area contributed by atoms with Gasteiger partial charge < -0.3 is 5.32 Å². The third-order valence-corrected chi connectivity index (χ3v) is 5.00. The molecule has 0 radical (unpaired) electrons. The number of aryl methyl sites for hydroxylation is 1. The number of nitrogens with zero attached hydrogens (tertiary/aromatic N) is 1. The van der Waals surface area contributed by atoms with Crippen molar-refractivity contribution in [3.05, 3.63) is 71.3 Å². The molecule has 1 amide bonds. The van der Waals surface area contributed by atoms with Gasteiger partial charge >= 0.3 is 0 Å². The Morgan fingerprint density at radius 1 is 1.12 bits per heavy atom. The van der Waals surface area contributed by atoms with Crippen LogP contribution in [0.4, 0.5) is 5.69 Å². The maximum absolute atomic E-state index is 12.6. The lowest BCUT2D eigenvalue weighted by Crippen LogP contribution is -2.36. The zero-order chi connectivity index (χ0) is 18.5. The second-order valence-corrected chi connectivity index (χ2v) is 7.32. The second-order valence-electron chi connectivity index (χ2n) is 7.32. The van der Waals surface area contributed by atoms with Gasteiger partial charge in [0, 0.05) is 18.8 Å². The normalized spacial score (nSPS) is 15.0. The highest BCUT2D eigenvalue weighted by atomic mass is 16.2. The van der Waals surface area contributed by atoms with Crippen molar-refractivity contribution in [3.63, 3.8) is 0 Å². The molecule has 0 saturated carbocycles. The van der Waals surface area contributed by atoms with Gasteiger partial charge in [-0.15, -0.1) is 0 Å². The van der Waals surface area contributed by atoms with Crippen molar-refractivity contribution in [2.75, 3.05) is 25.0 Å². The van der Waals surface area contributed by atoms with Crippen LogP contribution in [0.3, 0.4) is 0 Å². The molecule has 1 aliphatic rings. The van der Waals surface area contributed by atoms with E-state index in [0.29, 0.717) is 12.5 Å². The minimum absolute atomic E-state index is 0.0674. The molecule has 3 rings (SSSR count). The van der Waals surface area contributed by atoms with Crippen molar-refractivity contribution < 1.29 is 4.79 Å². The first-order valence-corrected chi connectivity index (χ1v) is 9.40. The number of hydrogen-bond acceptors (Lipinski definition) is 2. The Morgan fingerprint density at radius 3 is 2.54 bits per heavy atom. The Hall–Kier alpha value is -2.39. The van der Waals surface area contributed by atoms with Crippen LogP contribution in [0.15, 0.2) is 54.6 Å². The number of nitrogens with one attached hydrogen (secondary N) is 1. The monoisotopic (exact) mass is 348 g/mol. The lowest BCUT2D eigenvalue weighted by molar-refractivity contribution is -0.117. The number of hydrogen-bond donors (Lipinski definition) is 1. The first kappa shape index (κ1) is 18.4. The third-order valence-electron chi connectivity index (χ3n) is 5.00. The molecule has 1 aliphatic heterocycles. The lowest BCUT2D eigenvalue weighted by atomic mass is 9.98. The van der Waals surface area contributed by atoms with E-state index < -0.39 is 0 Å². The fraction of sp³-hybridized carbons (Fsp3) is 0.348. The Kier molecular flexibility index (Phi) is 5.89. The zero-order valence-corrected chi connectivity index (χ0v) is 16.0. The molecule has 0 saturated heterocycles. The Labute approximate surface area is 156 Å². The summed E-state index contributed by atoms with van der Waals surface area (Å²) in [6.45, 7) is 8.54. The number of rotatable bonds is 5. The average molecular weight is 348 g/mol. The van der Waals surface area contributed by atoms with E-state index in [1.165, 1.54) is 16.7 Å². The van der Waals surface area contributed by atoms with E-state index in [9.17, 15) is 4.79 Å². The van der Waals surface area contributed by atoms with Crippen molar-refractivity contribution in [3.8, 4) is 0 Å². The maximum atomic E-state index is 12.6. The largest absolute Gasteiger partial charge is 0.324 e. The SMILES string of the molecule is Cc1cccc(C(C)C)c1NC(=O)CN1CC=C(c2ccccc2)CC1.